The molecule has 0 spiro atoms. The van der Waals surface area contributed by atoms with Crippen LogP contribution in [-0.2, 0) is 22.6 Å². The number of barbiturate groups is 1. The number of ether oxygens (including phenoxy) is 3. The van der Waals surface area contributed by atoms with Crippen molar-refractivity contribution < 1.29 is 28.6 Å². The standard InChI is InChI=1S/C30H25BrN2O6/c1-4-5-21-11-20(13-24(31)27(21)37-15-19-7-9-25-26(14-19)39-16-38-25)12-23-28(34)32-30(36)33(29(23)35)22-8-6-17(2)18(3)10-22/h4,6-14H,1,5,15-16H2,2-3H3,(H,32,34,36)/b23-12+. The predicted molar refractivity (Wildman–Crippen MR) is 150 cm³/mol. The molecular formula is C30H25BrN2O6. The summed E-state index contributed by atoms with van der Waals surface area (Å²) in [6.07, 6.45) is 3.70. The normalized spacial score (nSPS) is 15.5. The molecule has 198 valence electrons. The summed E-state index contributed by atoms with van der Waals surface area (Å²) in [5.74, 6) is 0.531. The Morgan fingerprint density at radius 2 is 1.82 bits per heavy atom. The molecule has 2 aliphatic rings. The van der Waals surface area contributed by atoms with Crippen molar-refractivity contribution >= 4 is 45.5 Å². The summed E-state index contributed by atoms with van der Waals surface area (Å²) in [6, 6.07) is 13.7. The first-order chi connectivity index (χ1) is 18.7. The second kappa shape index (κ2) is 10.8. The molecule has 0 radical (unpaired) electrons. The first-order valence-corrected chi connectivity index (χ1v) is 13.0. The molecule has 0 aliphatic carbocycles. The van der Waals surface area contributed by atoms with Crippen molar-refractivity contribution in [1.82, 2.24) is 5.32 Å². The molecule has 9 heteroatoms. The number of nitrogens with zero attached hydrogens (tertiary/aromatic N) is 1. The molecule has 2 aliphatic heterocycles. The largest absolute Gasteiger partial charge is 0.487 e. The summed E-state index contributed by atoms with van der Waals surface area (Å²) in [5.41, 5.74) is 4.47. The lowest BCUT2D eigenvalue weighted by Crippen LogP contribution is -2.54. The molecule has 39 heavy (non-hydrogen) atoms. The van der Waals surface area contributed by atoms with Crippen molar-refractivity contribution in [2.45, 2.75) is 26.9 Å². The number of rotatable bonds is 7. The van der Waals surface area contributed by atoms with E-state index in [-0.39, 0.29) is 19.0 Å². The van der Waals surface area contributed by atoms with E-state index in [1.54, 1.807) is 24.3 Å². The highest BCUT2D eigenvalue weighted by molar-refractivity contribution is 9.10. The number of hydrogen-bond acceptors (Lipinski definition) is 6. The maximum absolute atomic E-state index is 13.4. The van der Waals surface area contributed by atoms with Crippen LogP contribution >= 0.6 is 15.9 Å². The van der Waals surface area contributed by atoms with Crippen molar-refractivity contribution in [2.24, 2.45) is 0 Å². The van der Waals surface area contributed by atoms with Gasteiger partial charge in [0.25, 0.3) is 11.8 Å². The maximum atomic E-state index is 13.4. The van der Waals surface area contributed by atoms with Gasteiger partial charge in [-0.05, 0) is 106 Å². The van der Waals surface area contributed by atoms with E-state index in [2.05, 4.69) is 27.8 Å². The molecule has 0 bridgehead atoms. The topological polar surface area (TPSA) is 94.2 Å². The number of benzene rings is 3. The van der Waals surface area contributed by atoms with Gasteiger partial charge < -0.3 is 14.2 Å². The van der Waals surface area contributed by atoms with Gasteiger partial charge in [0.2, 0.25) is 6.79 Å². The van der Waals surface area contributed by atoms with Crippen LogP contribution in [0.2, 0.25) is 0 Å². The van der Waals surface area contributed by atoms with Crippen LogP contribution in [0.25, 0.3) is 6.08 Å². The van der Waals surface area contributed by atoms with Gasteiger partial charge in [0, 0.05) is 0 Å². The van der Waals surface area contributed by atoms with Crippen molar-refractivity contribution in [3.63, 3.8) is 0 Å². The monoisotopic (exact) mass is 588 g/mol. The highest BCUT2D eigenvalue weighted by Gasteiger charge is 2.37. The number of urea groups is 1. The Bertz CT molecular complexity index is 1560. The molecule has 1 saturated heterocycles. The summed E-state index contributed by atoms with van der Waals surface area (Å²) in [6.45, 7) is 8.15. The lowest BCUT2D eigenvalue weighted by atomic mass is 10.0. The summed E-state index contributed by atoms with van der Waals surface area (Å²) in [5, 5.41) is 2.27. The molecule has 0 atom stereocenters. The van der Waals surface area contributed by atoms with Gasteiger partial charge in [0.1, 0.15) is 17.9 Å². The lowest BCUT2D eigenvalue weighted by Gasteiger charge is -2.27. The zero-order valence-electron chi connectivity index (χ0n) is 21.4. The minimum atomic E-state index is -0.786. The summed E-state index contributed by atoms with van der Waals surface area (Å²) < 4.78 is 17.6. The van der Waals surface area contributed by atoms with Crippen molar-refractivity contribution in [1.29, 1.82) is 0 Å². The number of halogens is 1. The number of amides is 4. The van der Waals surface area contributed by atoms with E-state index < -0.39 is 17.8 Å². The Morgan fingerprint density at radius 3 is 2.59 bits per heavy atom. The molecule has 1 fully saturated rings. The Hall–Kier alpha value is -4.37. The molecule has 2 heterocycles. The van der Waals surface area contributed by atoms with Crippen LogP contribution in [0.3, 0.4) is 0 Å². The lowest BCUT2D eigenvalue weighted by molar-refractivity contribution is -0.122. The van der Waals surface area contributed by atoms with Crippen LogP contribution < -0.4 is 24.4 Å². The average Bonchev–Trinajstić information content (AvgIpc) is 3.36. The Balaban J connectivity index is 1.44. The third kappa shape index (κ3) is 5.31. The molecule has 5 rings (SSSR count). The van der Waals surface area contributed by atoms with E-state index in [0.29, 0.717) is 39.4 Å². The summed E-state index contributed by atoms with van der Waals surface area (Å²) in [7, 11) is 0. The van der Waals surface area contributed by atoms with Crippen LogP contribution in [0.4, 0.5) is 10.5 Å². The van der Waals surface area contributed by atoms with E-state index in [0.717, 1.165) is 27.2 Å². The molecule has 3 aromatic carbocycles. The van der Waals surface area contributed by atoms with Crippen molar-refractivity contribution in [3.8, 4) is 17.2 Å². The van der Waals surface area contributed by atoms with Crippen LogP contribution in [0, 0.1) is 13.8 Å². The van der Waals surface area contributed by atoms with Gasteiger partial charge in [-0.2, -0.15) is 0 Å². The minimum Gasteiger partial charge on any atom is -0.487 e. The van der Waals surface area contributed by atoms with Crippen molar-refractivity contribution in [2.75, 3.05) is 11.7 Å². The highest BCUT2D eigenvalue weighted by atomic mass is 79.9. The van der Waals surface area contributed by atoms with Gasteiger partial charge in [0.15, 0.2) is 11.5 Å². The molecule has 3 aromatic rings. The second-order valence-corrected chi connectivity index (χ2v) is 10.0. The van der Waals surface area contributed by atoms with Crippen LogP contribution in [0.15, 0.2) is 71.2 Å². The first kappa shape index (κ1) is 26.2. The zero-order valence-corrected chi connectivity index (χ0v) is 23.0. The van der Waals surface area contributed by atoms with Gasteiger partial charge in [0.05, 0.1) is 10.2 Å². The number of fused-ring (bicyclic) bond motifs is 1. The molecule has 0 aromatic heterocycles. The highest BCUT2D eigenvalue weighted by Crippen LogP contribution is 2.36. The quantitative estimate of drug-likeness (QED) is 0.214. The number of imide groups is 2. The average molecular weight is 589 g/mol. The van der Waals surface area contributed by atoms with Gasteiger partial charge >= 0.3 is 6.03 Å². The number of nitrogens with one attached hydrogen (secondary N) is 1. The number of allylic oxidation sites excluding steroid dienone is 1. The zero-order chi connectivity index (χ0) is 27.7. The first-order valence-electron chi connectivity index (χ1n) is 12.2. The van der Waals surface area contributed by atoms with E-state index >= 15 is 0 Å². The van der Waals surface area contributed by atoms with Gasteiger partial charge in [-0.25, -0.2) is 9.69 Å². The Labute approximate surface area is 234 Å². The molecule has 8 nitrogen and oxygen atoms in total. The number of carbonyl (C=O) groups is 3. The van der Waals surface area contributed by atoms with Gasteiger partial charge in [-0.1, -0.05) is 18.2 Å². The molecular weight excluding hydrogens is 564 g/mol. The van der Waals surface area contributed by atoms with E-state index in [1.807, 2.05) is 44.2 Å². The van der Waals surface area contributed by atoms with E-state index in [4.69, 9.17) is 14.2 Å². The third-order valence-electron chi connectivity index (χ3n) is 6.49. The summed E-state index contributed by atoms with van der Waals surface area (Å²) >= 11 is 3.58. The van der Waals surface area contributed by atoms with Crippen LogP contribution in [0.1, 0.15) is 27.8 Å². The Kier molecular flexibility index (Phi) is 7.26. The molecule has 0 unspecified atom stereocenters. The second-order valence-electron chi connectivity index (χ2n) is 9.19. The number of anilines is 1. The van der Waals surface area contributed by atoms with E-state index in [9.17, 15) is 14.4 Å². The fourth-order valence-electron chi connectivity index (χ4n) is 4.34. The Morgan fingerprint density at radius 1 is 1.03 bits per heavy atom. The number of hydrogen-bond donors (Lipinski definition) is 1. The maximum Gasteiger partial charge on any atom is 0.335 e. The number of aryl methyl sites for hydroxylation is 2. The summed E-state index contributed by atoms with van der Waals surface area (Å²) in [4.78, 5) is 39.6. The fraction of sp³-hybridized carbons (Fsp3) is 0.167. The fourth-order valence-corrected chi connectivity index (χ4v) is 4.97. The number of carbonyl (C=O) groups excluding carboxylic acids is 3. The van der Waals surface area contributed by atoms with Crippen LogP contribution in [-0.4, -0.2) is 24.6 Å². The predicted octanol–water partition coefficient (Wildman–Crippen LogP) is 5.77. The SMILES string of the molecule is C=CCc1cc(/C=C2\C(=O)NC(=O)N(c3ccc(C)c(C)c3)C2=O)cc(Br)c1OCc1ccc2c(c1)OCO2. The minimum absolute atomic E-state index is 0.154. The smallest absolute Gasteiger partial charge is 0.335 e. The van der Waals surface area contributed by atoms with Crippen LogP contribution in [0.5, 0.6) is 17.2 Å². The van der Waals surface area contributed by atoms with Gasteiger partial charge in [-0.3, -0.25) is 14.9 Å². The van der Waals surface area contributed by atoms with Gasteiger partial charge in [-0.15, -0.1) is 6.58 Å². The molecule has 1 N–H and O–H groups in total. The molecule has 4 amide bonds. The third-order valence-corrected chi connectivity index (χ3v) is 7.08. The van der Waals surface area contributed by atoms with E-state index in [1.165, 1.54) is 6.08 Å². The molecule has 0 saturated carbocycles. The van der Waals surface area contributed by atoms with Crippen molar-refractivity contribution in [3.05, 3.63) is 99.0 Å².